The zero-order valence-corrected chi connectivity index (χ0v) is 13.5. The summed E-state index contributed by atoms with van der Waals surface area (Å²) in [5.74, 6) is 0.934. The molecule has 0 aliphatic carbocycles. The average molecular weight is 266 g/mol. The Morgan fingerprint density at radius 2 is 1.63 bits per heavy atom. The topological polar surface area (TPSA) is 23.6 Å². The lowest BCUT2D eigenvalue weighted by molar-refractivity contribution is -0.170. The predicted octanol–water partition coefficient (Wildman–Crippen LogP) is 2.61. The van der Waals surface area contributed by atoms with Crippen molar-refractivity contribution in [1.29, 1.82) is 0 Å². The minimum atomic E-state index is -0.197. The van der Waals surface area contributed by atoms with Crippen molar-refractivity contribution in [3.05, 3.63) is 0 Å². The monoisotopic (exact) mass is 266 g/mol. The number of carbonyl (C=O) groups excluding carboxylic acids is 1. The largest absolute Gasteiger partial charge is 0.341 e. The molecule has 0 aromatic carbocycles. The highest BCUT2D eigenvalue weighted by molar-refractivity contribution is 5.83. The van der Waals surface area contributed by atoms with E-state index in [0.717, 1.165) is 19.5 Å². The van der Waals surface area contributed by atoms with Crippen molar-refractivity contribution in [2.45, 2.75) is 54.0 Å². The molecule has 0 atom stereocenters. The van der Waals surface area contributed by atoms with Gasteiger partial charge in [0.05, 0.1) is 0 Å². The van der Waals surface area contributed by atoms with Crippen LogP contribution in [0.2, 0.25) is 0 Å². The van der Waals surface area contributed by atoms with Gasteiger partial charge in [-0.1, -0.05) is 27.7 Å². The third-order valence-electron chi connectivity index (χ3n) is 4.64. The minimum Gasteiger partial charge on any atom is -0.341 e. The van der Waals surface area contributed by atoms with Gasteiger partial charge in [-0.3, -0.25) is 9.69 Å². The van der Waals surface area contributed by atoms with Crippen molar-refractivity contribution in [3.63, 3.8) is 0 Å². The van der Waals surface area contributed by atoms with Gasteiger partial charge in [0.25, 0.3) is 0 Å². The molecular weight excluding hydrogens is 236 g/mol. The molecule has 2 saturated heterocycles. The Labute approximate surface area is 118 Å². The van der Waals surface area contributed by atoms with Gasteiger partial charge < -0.3 is 4.90 Å². The summed E-state index contributed by atoms with van der Waals surface area (Å²) in [7, 11) is 0. The zero-order chi connectivity index (χ0) is 14.4. The third kappa shape index (κ3) is 2.81. The van der Waals surface area contributed by atoms with E-state index in [0.29, 0.717) is 23.3 Å². The summed E-state index contributed by atoms with van der Waals surface area (Å²) in [6.45, 7) is 17.4. The molecule has 0 saturated carbocycles. The van der Waals surface area contributed by atoms with Crippen LogP contribution in [-0.4, -0.2) is 47.9 Å². The molecule has 0 radical (unpaired) electrons. The van der Waals surface area contributed by atoms with E-state index >= 15 is 0 Å². The van der Waals surface area contributed by atoms with Crippen molar-refractivity contribution in [3.8, 4) is 0 Å². The molecule has 3 nitrogen and oxygen atoms in total. The fourth-order valence-corrected chi connectivity index (χ4v) is 3.82. The van der Waals surface area contributed by atoms with Gasteiger partial charge in [0.1, 0.15) is 0 Å². The van der Waals surface area contributed by atoms with Crippen LogP contribution >= 0.6 is 0 Å². The number of nitrogens with zero attached hydrogens (tertiary/aromatic N) is 2. The predicted molar refractivity (Wildman–Crippen MR) is 79.0 cm³/mol. The maximum absolute atomic E-state index is 12.5. The van der Waals surface area contributed by atoms with E-state index in [9.17, 15) is 4.79 Å². The molecule has 0 aromatic heterocycles. The van der Waals surface area contributed by atoms with Gasteiger partial charge in [0, 0.05) is 43.1 Å². The van der Waals surface area contributed by atoms with Crippen LogP contribution in [0.25, 0.3) is 0 Å². The van der Waals surface area contributed by atoms with Crippen LogP contribution < -0.4 is 0 Å². The Balaban J connectivity index is 1.83. The Kier molecular flexibility index (Phi) is 3.72. The molecular formula is C16H30N2O. The Bertz CT molecular complexity index is 346. The zero-order valence-electron chi connectivity index (χ0n) is 13.5. The second-order valence-corrected chi connectivity index (χ2v) is 8.14. The van der Waals surface area contributed by atoms with Crippen LogP contribution in [-0.2, 0) is 4.79 Å². The first-order chi connectivity index (χ1) is 8.65. The van der Waals surface area contributed by atoms with Crippen LogP contribution in [0.15, 0.2) is 0 Å². The SMILES string of the molecule is CC(C)CC(C)(C)C(=O)N1CC2(C1)CN(C(C)C)C2. The van der Waals surface area contributed by atoms with Crippen molar-refractivity contribution in [1.82, 2.24) is 9.80 Å². The summed E-state index contributed by atoms with van der Waals surface area (Å²) < 4.78 is 0. The molecule has 19 heavy (non-hydrogen) atoms. The Morgan fingerprint density at radius 1 is 1.11 bits per heavy atom. The second kappa shape index (κ2) is 4.76. The summed E-state index contributed by atoms with van der Waals surface area (Å²) in [5.41, 5.74) is 0.241. The van der Waals surface area contributed by atoms with Gasteiger partial charge in [-0.05, 0) is 26.2 Å². The first kappa shape index (κ1) is 14.8. The van der Waals surface area contributed by atoms with E-state index in [2.05, 4.69) is 51.3 Å². The van der Waals surface area contributed by atoms with Crippen molar-refractivity contribution in [2.75, 3.05) is 26.2 Å². The average Bonchev–Trinajstić information content (AvgIpc) is 2.09. The van der Waals surface area contributed by atoms with E-state index in [-0.39, 0.29) is 5.41 Å². The molecule has 0 N–H and O–H groups in total. The van der Waals surface area contributed by atoms with Gasteiger partial charge in [-0.25, -0.2) is 0 Å². The number of carbonyl (C=O) groups is 1. The third-order valence-corrected chi connectivity index (χ3v) is 4.64. The van der Waals surface area contributed by atoms with Gasteiger partial charge in [0.15, 0.2) is 0 Å². The van der Waals surface area contributed by atoms with E-state index in [1.165, 1.54) is 13.1 Å². The molecule has 2 rings (SSSR count). The van der Waals surface area contributed by atoms with Crippen LogP contribution in [0.5, 0.6) is 0 Å². The molecule has 3 heteroatoms. The molecule has 110 valence electrons. The maximum atomic E-state index is 12.5. The summed E-state index contributed by atoms with van der Waals surface area (Å²) >= 11 is 0. The Hall–Kier alpha value is -0.570. The quantitative estimate of drug-likeness (QED) is 0.781. The number of hydrogen-bond acceptors (Lipinski definition) is 2. The highest BCUT2D eigenvalue weighted by Gasteiger charge is 2.54. The summed E-state index contributed by atoms with van der Waals surface area (Å²) in [6.07, 6.45) is 0.980. The first-order valence-corrected chi connectivity index (χ1v) is 7.69. The molecule has 1 spiro atoms. The summed E-state index contributed by atoms with van der Waals surface area (Å²) in [4.78, 5) is 17.1. The van der Waals surface area contributed by atoms with E-state index < -0.39 is 0 Å². The molecule has 2 fully saturated rings. The fourth-order valence-electron chi connectivity index (χ4n) is 3.82. The molecule has 2 heterocycles. The molecule has 1 amide bonds. The van der Waals surface area contributed by atoms with E-state index in [1.54, 1.807) is 0 Å². The number of rotatable bonds is 4. The lowest BCUT2D eigenvalue weighted by Gasteiger charge is -2.62. The van der Waals surface area contributed by atoms with Crippen molar-refractivity contribution < 1.29 is 4.79 Å². The summed E-state index contributed by atoms with van der Waals surface area (Å²) in [5, 5.41) is 0. The van der Waals surface area contributed by atoms with E-state index in [4.69, 9.17) is 0 Å². The highest BCUT2D eigenvalue weighted by Crippen LogP contribution is 2.42. The van der Waals surface area contributed by atoms with E-state index in [1.807, 2.05) is 0 Å². The number of amides is 1. The normalized spacial score (nSPS) is 22.8. The second-order valence-electron chi connectivity index (χ2n) is 8.14. The van der Waals surface area contributed by atoms with Crippen LogP contribution in [0.1, 0.15) is 48.0 Å². The van der Waals surface area contributed by atoms with Gasteiger partial charge in [-0.15, -0.1) is 0 Å². The minimum absolute atomic E-state index is 0.197. The Morgan fingerprint density at radius 3 is 2.05 bits per heavy atom. The fraction of sp³-hybridized carbons (Fsp3) is 0.938. The van der Waals surface area contributed by atoms with Gasteiger partial charge >= 0.3 is 0 Å². The first-order valence-electron chi connectivity index (χ1n) is 7.69. The van der Waals surface area contributed by atoms with Crippen LogP contribution in [0.4, 0.5) is 0 Å². The molecule has 0 aromatic rings. The lowest BCUT2D eigenvalue weighted by atomic mass is 9.70. The number of likely N-dealkylation sites (tertiary alicyclic amines) is 2. The van der Waals surface area contributed by atoms with Crippen molar-refractivity contribution >= 4 is 5.91 Å². The summed E-state index contributed by atoms with van der Waals surface area (Å²) in [6, 6.07) is 0.646. The van der Waals surface area contributed by atoms with Crippen LogP contribution in [0.3, 0.4) is 0 Å². The molecule has 2 aliphatic heterocycles. The van der Waals surface area contributed by atoms with Crippen molar-refractivity contribution in [2.24, 2.45) is 16.7 Å². The number of hydrogen-bond donors (Lipinski definition) is 0. The smallest absolute Gasteiger partial charge is 0.228 e. The maximum Gasteiger partial charge on any atom is 0.228 e. The van der Waals surface area contributed by atoms with Gasteiger partial charge in [-0.2, -0.15) is 0 Å². The molecule has 0 bridgehead atoms. The van der Waals surface area contributed by atoms with Crippen LogP contribution in [0, 0.1) is 16.7 Å². The lowest BCUT2D eigenvalue weighted by Crippen LogP contribution is -2.74. The molecule has 2 aliphatic rings. The van der Waals surface area contributed by atoms with Gasteiger partial charge in [0.2, 0.25) is 5.91 Å². The highest BCUT2D eigenvalue weighted by atomic mass is 16.2. The molecule has 0 unspecified atom stereocenters. The standard InChI is InChI=1S/C16H30N2O/c1-12(2)7-15(5,6)14(19)18-10-16(11-18)8-17(9-16)13(3)4/h12-13H,7-11H2,1-6H3.